The number of halogens is 2. The van der Waals surface area contributed by atoms with Gasteiger partial charge in [-0.15, -0.1) is 11.8 Å². The van der Waals surface area contributed by atoms with Crippen LogP contribution in [0.5, 0.6) is 0 Å². The Bertz CT molecular complexity index is 649. The van der Waals surface area contributed by atoms with Crippen molar-refractivity contribution in [2.45, 2.75) is 17.1 Å². The molecule has 0 aliphatic carbocycles. The number of nitrogens with one attached hydrogen (secondary N) is 1. The van der Waals surface area contributed by atoms with Gasteiger partial charge in [0.25, 0.3) is 0 Å². The lowest BCUT2D eigenvalue weighted by Crippen LogP contribution is -2.22. The maximum absolute atomic E-state index is 13.1. The zero-order valence-electron chi connectivity index (χ0n) is 11.3. The summed E-state index contributed by atoms with van der Waals surface area (Å²) in [5, 5.41) is 2.45. The average Bonchev–Trinajstić information content (AvgIpc) is 2.45. The van der Waals surface area contributed by atoms with E-state index in [1.165, 1.54) is 30.0 Å². The van der Waals surface area contributed by atoms with E-state index in [0.29, 0.717) is 5.69 Å². The van der Waals surface area contributed by atoms with Crippen molar-refractivity contribution in [3.8, 4) is 0 Å². The number of rotatable bonds is 4. The van der Waals surface area contributed by atoms with Gasteiger partial charge < -0.3 is 11.1 Å². The first-order valence-electron chi connectivity index (χ1n) is 6.24. The standard InChI is InChI=1S/C15H14BrFN2OS/c1-9(21-12-5-2-10(16)3-6-12)15(20)19-11-4-7-13(17)14(18)8-11/h2-9H,18H2,1H3,(H,19,20). The zero-order chi connectivity index (χ0) is 15.4. The van der Waals surface area contributed by atoms with Gasteiger partial charge >= 0.3 is 0 Å². The Morgan fingerprint density at radius 2 is 1.95 bits per heavy atom. The first kappa shape index (κ1) is 15.9. The van der Waals surface area contributed by atoms with Gasteiger partial charge in [-0.1, -0.05) is 15.9 Å². The van der Waals surface area contributed by atoms with E-state index < -0.39 is 5.82 Å². The van der Waals surface area contributed by atoms with E-state index in [1.807, 2.05) is 31.2 Å². The van der Waals surface area contributed by atoms with Gasteiger partial charge in [0.2, 0.25) is 5.91 Å². The Labute approximate surface area is 135 Å². The summed E-state index contributed by atoms with van der Waals surface area (Å²) < 4.78 is 14.1. The molecule has 3 nitrogen and oxygen atoms in total. The Morgan fingerprint density at radius 1 is 1.29 bits per heavy atom. The van der Waals surface area contributed by atoms with Crippen molar-refractivity contribution >= 4 is 45.0 Å². The number of benzene rings is 2. The minimum Gasteiger partial charge on any atom is -0.396 e. The molecular weight excluding hydrogens is 355 g/mol. The minimum atomic E-state index is -0.495. The molecule has 1 atom stereocenters. The van der Waals surface area contributed by atoms with E-state index in [2.05, 4.69) is 21.2 Å². The number of hydrogen-bond donors (Lipinski definition) is 2. The maximum atomic E-state index is 13.1. The van der Waals surface area contributed by atoms with Crippen molar-refractivity contribution in [1.82, 2.24) is 0 Å². The van der Waals surface area contributed by atoms with Gasteiger partial charge in [0.05, 0.1) is 10.9 Å². The molecule has 2 aromatic rings. The summed E-state index contributed by atoms with van der Waals surface area (Å²) in [5.74, 6) is -0.654. The van der Waals surface area contributed by atoms with Crippen LogP contribution in [0.2, 0.25) is 0 Å². The molecule has 0 saturated carbocycles. The summed E-state index contributed by atoms with van der Waals surface area (Å²) in [7, 11) is 0. The number of nitrogen functional groups attached to an aromatic ring is 1. The second-order valence-electron chi connectivity index (χ2n) is 4.44. The molecule has 0 saturated heterocycles. The number of amides is 1. The van der Waals surface area contributed by atoms with Crippen LogP contribution in [0, 0.1) is 5.82 Å². The highest BCUT2D eigenvalue weighted by atomic mass is 79.9. The number of carbonyl (C=O) groups excluding carboxylic acids is 1. The fraction of sp³-hybridized carbons (Fsp3) is 0.133. The summed E-state index contributed by atoms with van der Waals surface area (Å²) in [5.41, 5.74) is 5.98. The van der Waals surface area contributed by atoms with Gasteiger partial charge in [-0.05, 0) is 49.4 Å². The first-order valence-corrected chi connectivity index (χ1v) is 7.91. The fourth-order valence-electron chi connectivity index (χ4n) is 1.64. The Balaban J connectivity index is 1.98. The van der Waals surface area contributed by atoms with E-state index >= 15 is 0 Å². The molecule has 0 fully saturated rings. The molecule has 21 heavy (non-hydrogen) atoms. The van der Waals surface area contributed by atoms with Gasteiger partial charge in [-0.3, -0.25) is 4.79 Å². The van der Waals surface area contributed by atoms with Crippen LogP contribution in [0.1, 0.15) is 6.92 Å². The molecule has 2 rings (SSSR count). The molecule has 1 amide bonds. The van der Waals surface area contributed by atoms with Crippen LogP contribution < -0.4 is 11.1 Å². The van der Waals surface area contributed by atoms with Gasteiger partial charge in [0.15, 0.2) is 0 Å². The van der Waals surface area contributed by atoms with Crippen molar-refractivity contribution in [1.29, 1.82) is 0 Å². The largest absolute Gasteiger partial charge is 0.396 e. The van der Waals surface area contributed by atoms with E-state index in [1.54, 1.807) is 0 Å². The first-order chi connectivity index (χ1) is 9.95. The Kier molecular flexibility index (Phi) is 5.25. The van der Waals surface area contributed by atoms with Crippen LogP contribution in [0.25, 0.3) is 0 Å². The van der Waals surface area contributed by atoms with E-state index in [0.717, 1.165) is 9.37 Å². The third-order valence-corrected chi connectivity index (χ3v) is 4.40. The molecule has 3 N–H and O–H groups in total. The summed E-state index contributed by atoms with van der Waals surface area (Å²) in [6, 6.07) is 11.9. The third kappa shape index (κ3) is 4.47. The molecule has 0 heterocycles. The van der Waals surface area contributed by atoms with Crippen LogP contribution in [0.4, 0.5) is 15.8 Å². The third-order valence-electron chi connectivity index (χ3n) is 2.76. The predicted octanol–water partition coefficient (Wildman–Crippen LogP) is 4.29. The predicted molar refractivity (Wildman–Crippen MR) is 88.9 cm³/mol. The smallest absolute Gasteiger partial charge is 0.237 e. The zero-order valence-corrected chi connectivity index (χ0v) is 13.7. The fourth-order valence-corrected chi connectivity index (χ4v) is 2.77. The van der Waals surface area contributed by atoms with Gasteiger partial charge in [-0.2, -0.15) is 0 Å². The molecule has 0 spiro atoms. The van der Waals surface area contributed by atoms with Crippen LogP contribution in [-0.4, -0.2) is 11.2 Å². The number of hydrogen-bond acceptors (Lipinski definition) is 3. The van der Waals surface area contributed by atoms with Crippen LogP contribution in [0.3, 0.4) is 0 Å². The second kappa shape index (κ2) is 6.95. The summed E-state index contributed by atoms with van der Waals surface area (Å²) >= 11 is 4.82. The molecule has 110 valence electrons. The van der Waals surface area contributed by atoms with Crippen LogP contribution in [-0.2, 0) is 4.79 Å². The van der Waals surface area contributed by atoms with Gasteiger partial charge in [0, 0.05) is 15.1 Å². The lowest BCUT2D eigenvalue weighted by Gasteiger charge is -2.12. The molecule has 0 aliphatic rings. The molecular formula is C15H14BrFN2OS. The average molecular weight is 369 g/mol. The van der Waals surface area contributed by atoms with E-state index in [-0.39, 0.29) is 16.8 Å². The maximum Gasteiger partial charge on any atom is 0.237 e. The molecule has 0 bridgehead atoms. The Morgan fingerprint density at radius 3 is 2.57 bits per heavy atom. The van der Waals surface area contributed by atoms with Crippen molar-refractivity contribution in [3.05, 3.63) is 52.8 Å². The van der Waals surface area contributed by atoms with Crippen molar-refractivity contribution in [2.75, 3.05) is 11.1 Å². The quantitative estimate of drug-likeness (QED) is 0.625. The van der Waals surface area contributed by atoms with Crippen LogP contribution in [0.15, 0.2) is 51.8 Å². The van der Waals surface area contributed by atoms with Gasteiger partial charge in [0.1, 0.15) is 5.82 Å². The molecule has 0 aromatic heterocycles. The number of carbonyl (C=O) groups is 1. The summed E-state index contributed by atoms with van der Waals surface area (Å²) in [6.45, 7) is 1.81. The Hall–Kier alpha value is -1.53. The highest BCUT2D eigenvalue weighted by Crippen LogP contribution is 2.26. The molecule has 2 aromatic carbocycles. The molecule has 0 aliphatic heterocycles. The number of thioether (sulfide) groups is 1. The van der Waals surface area contributed by atoms with Crippen molar-refractivity contribution in [2.24, 2.45) is 0 Å². The molecule has 6 heteroatoms. The minimum absolute atomic E-state index is 0.0148. The number of nitrogens with two attached hydrogens (primary N) is 1. The SMILES string of the molecule is CC(Sc1ccc(Br)cc1)C(=O)Nc1ccc(F)c(N)c1. The molecule has 1 unspecified atom stereocenters. The van der Waals surface area contributed by atoms with E-state index in [9.17, 15) is 9.18 Å². The monoisotopic (exact) mass is 368 g/mol. The highest BCUT2D eigenvalue weighted by molar-refractivity contribution is 9.10. The second-order valence-corrected chi connectivity index (χ2v) is 6.77. The van der Waals surface area contributed by atoms with Crippen LogP contribution >= 0.6 is 27.7 Å². The topological polar surface area (TPSA) is 55.1 Å². The van der Waals surface area contributed by atoms with Crippen molar-refractivity contribution in [3.63, 3.8) is 0 Å². The summed E-state index contributed by atoms with van der Waals surface area (Å²) in [6.07, 6.45) is 0. The summed E-state index contributed by atoms with van der Waals surface area (Å²) in [4.78, 5) is 13.1. The lowest BCUT2D eigenvalue weighted by molar-refractivity contribution is -0.115. The molecule has 0 radical (unpaired) electrons. The van der Waals surface area contributed by atoms with Gasteiger partial charge in [-0.25, -0.2) is 4.39 Å². The van der Waals surface area contributed by atoms with E-state index in [4.69, 9.17) is 5.73 Å². The normalized spacial score (nSPS) is 12.0. The number of anilines is 2. The van der Waals surface area contributed by atoms with Crippen molar-refractivity contribution < 1.29 is 9.18 Å². The lowest BCUT2D eigenvalue weighted by atomic mass is 10.2. The highest BCUT2D eigenvalue weighted by Gasteiger charge is 2.15.